The minimum Gasteiger partial charge on any atom is -0.352 e. The van der Waals surface area contributed by atoms with Crippen molar-refractivity contribution in [3.05, 3.63) is 46.8 Å². The molecular formula is C14H17ClN4O. The number of aryl methyl sites for hydroxylation is 1. The van der Waals surface area contributed by atoms with E-state index in [2.05, 4.69) is 27.2 Å². The number of pyridine rings is 1. The number of halogens is 1. The standard InChI is InChI=1S/C14H17ClN4O/c1-2-3-11-6-10(7-13(15)19-11)14(20)17-5-4-12-8-16-9-18-12/h6-9H,2-5H2,1H3,(H,16,18)(H,17,20). The fraction of sp³-hybridized carbons (Fsp3) is 0.357. The van der Waals surface area contributed by atoms with Gasteiger partial charge in [-0.2, -0.15) is 0 Å². The lowest BCUT2D eigenvalue weighted by Gasteiger charge is -2.06. The molecule has 0 saturated carbocycles. The van der Waals surface area contributed by atoms with Crippen LogP contribution in [0.4, 0.5) is 0 Å². The molecular weight excluding hydrogens is 276 g/mol. The molecule has 0 fully saturated rings. The van der Waals surface area contributed by atoms with Crippen molar-refractivity contribution in [3.63, 3.8) is 0 Å². The highest BCUT2D eigenvalue weighted by Gasteiger charge is 2.09. The number of carbonyl (C=O) groups excluding carboxylic acids is 1. The molecule has 5 nitrogen and oxygen atoms in total. The zero-order valence-electron chi connectivity index (χ0n) is 11.3. The number of aromatic nitrogens is 3. The van der Waals surface area contributed by atoms with Gasteiger partial charge in [0.1, 0.15) is 5.15 Å². The van der Waals surface area contributed by atoms with Gasteiger partial charge in [-0.15, -0.1) is 0 Å². The average Bonchev–Trinajstić information content (AvgIpc) is 2.91. The number of rotatable bonds is 6. The van der Waals surface area contributed by atoms with Crippen molar-refractivity contribution in [3.8, 4) is 0 Å². The average molecular weight is 293 g/mol. The predicted molar refractivity (Wildman–Crippen MR) is 77.9 cm³/mol. The molecule has 0 spiro atoms. The Morgan fingerprint density at radius 2 is 2.25 bits per heavy atom. The Morgan fingerprint density at radius 3 is 2.95 bits per heavy atom. The summed E-state index contributed by atoms with van der Waals surface area (Å²) in [7, 11) is 0. The number of H-pyrrole nitrogens is 1. The Hall–Kier alpha value is -1.88. The van der Waals surface area contributed by atoms with Crippen molar-refractivity contribution < 1.29 is 4.79 Å². The maximum atomic E-state index is 12.1. The quantitative estimate of drug-likeness (QED) is 0.803. The Balaban J connectivity index is 1.94. The summed E-state index contributed by atoms with van der Waals surface area (Å²) in [4.78, 5) is 23.2. The molecule has 106 valence electrons. The van der Waals surface area contributed by atoms with E-state index in [1.165, 1.54) is 0 Å². The molecule has 0 aromatic carbocycles. The van der Waals surface area contributed by atoms with Crippen molar-refractivity contribution in [1.82, 2.24) is 20.3 Å². The van der Waals surface area contributed by atoms with Crippen molar-refractivity contribution in [2.24, 2.45) is 0 Å². The van der Waals surface area contributed by atoms with Crippen LogP contribution in [0.3, 0.4) is 0 Å². The number of carbonyl (C=O) groups is 1. The van der Waals surface area contributed by atoms with Crippen molar-refractivity contribution in [2.45, 2.75) is 26.2 Å². The molecule has 0 aliphatic carbocycles. The van der Waals surface area contributed by atoms with Crippen LogP contribution in [0, 0.1) is 0 Å². The number of hydrogen-bond donors (Lipinski definition) is 2. The van der Waals surface area contributed by atoms with Gasteiger partial charge in [-0.05, 0) is 18.6 Å². The highest BCUT2D eigenvalue weighted by molar-refractivity contribution is 6.29. The first-order valence-corrected chi connectivity index (χ1v) is 6.98. The largest absolute Gasteiger partial charge is 0.352 e. The van der Waals surface area contributed by atoms with Crippen LogP contribution in [0.2, 0.25) is 5.15 Å². The lowest BCUT2D eigenvalue weighted by molar-refractivity contribution is 0.0954. The number of aromatic amines is 1. The summed E-state index contributed by atoms with van der Waals surface area (Å²) in [6, 6.07) is 3.38. The molecule has 2 N–H and O–H groups in total. The van der Waals surface area contributed by atoms with Crippen LogP contribution >= 0.6 is 11.6 Å². The number of nitrogens with one attached hydrogen (secondary N) is 2. The summed E-state index contributed by atoms with van der Waals surface area (Å²) in [6.07, 6.45) is 5.86. The first-order chi connectivity index (χ1) is 9.69. The Kier molecular flexibility index (Phi) is 5.12. The van der Waals surface area contributed by atoms with E-state index >= 15 is 0 Å². The summed E-state index contributed by atoms with van der Waals surface area (Å²) < 4.78 is 0. The highest BCUT2D eigenvalue weighted by atomic mass is 35.5. The molecule has 1 amide bonds. The van der Waals surface area contributed by atoms with Crippen molar-refractivity contribution in [1.29, 1.82) is 0 Å². The molecule has 0 atom stereocenters. The van der Waals surface area contributed by atoms with Crippen LogP contribution in [0.5, 0.6) is 0 Å². The molecule has 2 rings (SSSR count). The van der Waals surface area contributed by atoms with E-state index in [-0.39, 0.29) is 5.91 Å². The van der Waals surface area contributed by atoms with E-state index in [4.69, 9.17) is 11.6 Å². The fourth-order valence-corrected chi connectivity index (χ4v) is 2.13. The normalized spacial score (nSPS) is 10.5. The second-order valence-corrected chi connectivity index (χ2v) is 4.89. The summed E-state index contributed by atoms with van der Waals surface area (Å²) in [5.74, 6) is -0.133. The fourth-order valence-electron chi connectivity index (χ4n) is 1.90. The summed E-state index contributed by atoms with van der Waals surface area (Å²) in [5, 5.41) is 3.22. The Morgan fingerprint density at radius 1 is 1.40 bits per heavy atom. The Bertz CT molecular complexity index is 569. The minimum absolute atomic E-state index is 0.133. The number of imidazole rings is 1. The first-order valence-electron chi connectivity index (χ1n) is 6.61. The molecule has 0 unspecified atom stereocenters. The van der Waals surface area contributed by atoms with Crippen molar-refractivity contribution in [2.75, 3.05) is 6.54 Å². The summed E-state index contributed by atoms with van der Waals surface area (Å²) in [6.45, 7) is 2.61. The van der Waals surface area contributed by atoms with E-state index in [1.807, 2.05) is 0 Å². The van der Waals surface area contributed by atoms with Crippen molar-refractivity contribution >= 4 is 17.5 Å². The Labute approximate surface area is 122 Å². The lowest BCUT2D eigenvalue weighted by atomic mass is 10.1. The van der Waals surface area contributed by atoms with Gasteiger partial charge in [0.2, 0.25) is 0 Å². The van der Waals surface area contributed by atoms with E-state index in [1.54, 1.807) is 24.7 Å². The van der Waals surface area contributed by atoms with Gasteiger partial charge in [0.15, 0.2) is 0 Å². The van der Waals surface area contributed by atoms with Crippen LogP contribution in [0.15, 0.2) is 24.7 Å². The number of nitrogens with zero attached hydrogens (tertiary/aromatic N) is 2. The van der Waals surface area contributed by atoms with Crippen LogP contribution in [0.1, 0.15) is 35.1 Å². The molecule has 0 bridgehead atoms. The third-order valence-corrected chi connectivity index (χ3v) is 3.04. The molecule has 0 saturated heterocycles. The zero-order chi connectivity index (χ0) is 14.4. The molecule has 6 heteroatoms. The maximum Gasteiger partial charge on any atom is 0.251 e. The van der Waals surface area contributed by atoms with E-state index in [0.717, 1.165) is 24.2 Å². The van der Waals surface area contributed by atoms with Gasteiger partial charge in [0.25, 0.3) is 5.91 Å². The molecule has 2 heterocycles. The summed E-state index contributed by atoms with van der Waals surface area (Å²) in [5.41, 5.74) is 2.39. The minimum atomic E-state index is -0.133. The van der Waals surface area contributed by atoms with Gasteiger partial charge >= 0.3 is 0 Å². The van der Waals surface area contributed by atoms with Crippen LogP contribution in [0.25, 0.3) is 0 Å². The highest BCUT2D eigenvalue weighted by Crippen LogP contribution is 2.12. The smallest absolute Gasteiger partial charge is 0.251 e. The molecule has 0 radical (unpaired) electrons. The molecule has 2 aromatic heterocycles. The van der Waals surface area contributed by atoms with Gasteiger partial charge in [0, 0.05) is 36.1 Å². The number of hydrogen-bond acceptors (Lipinski definition) is 3. The molecule has 20 heavy (non-hydrogen) atoms. The molecule has 0 aliphatic rings. The SMILES string of the molecule is CCCc1cc(C(=O)NCCc2cnc[nH]2)cc(Cl)n1. The van der Waals surface area contributed by atoms with Crippen LogP contribution in [-0.4, -0.2) is 27.4 Å². The van der Waals surface area contributed by atoms with E-state index < -0.39 is 0 Å². The molecule has 0 aliphatic heterocycles. The molecule has 2 aromatic rings. The van der Waals surface area contributed by atoms with Gasteiger partial charge in [-0.3, -0.25) is 4.79 Å². The summed E-state index contributed by atoms with van der Waals surface area (Å²) >= 11 is 5.94. The lowest BCUT2D eigenvalue weighted by Crippen LogP contribution is -2.26. The van der Waals surface area contributed by atoms with E-state index in [0.29, 0.717) is 23.7 Å². The maximum absolute atomic E-state index is 12.1. The second-order valence-electron chi connectivity index (χ2n) is 4.50. The third-order valence-electron chi connectivity index (χ3n) is 2.85. The second kappa shape index (κ2) is 7.05. The van der Waals surface area contributed by atoms with Gasteiger partial charge in [-0.1, -0.05) is 24.9 Å². The predicted octanol–water partition coefficient (Wildman–Crippen LogP) is 2.38. The van der Waals surface area contributed by atoms with Gasteiger partial charge < -0.3 is 10.3 Å². The van der Waals surface area contributed by atoms with Crippen LogP contribution < -0.4 is 5.32 Å². The number of amides is 1. The van der Waals surface area contributed by atoms with E-state index in [9.17, 15) is 4.79 Å². The topological polar surface area (TPSA) is 70.7 Å². The third kappa shape index (κ3) is 4.06. The van der Waals surface area contributed by atoms with Gasteiger partial charge in [-0.25, -0.2) is 9.97 Å². The first kappa shape index (κ1) is 14.5. The van der Waals surface area contributed by atoms with Crippen LogP contribution in [-0.2, 0) is 12.8 Å². The van der Waals surface area contributed by atoms with Gasteiger partial charge in [0.05, 0.1) is 6.33 Å². The zero-order valence-corrected chi connectivity index (χ0v) is 12.1. The monoisotopic (exact) mass is 292 g/mol.